The van der Waals surface area contributed by atoms with Crippen LogP contribution in [0.2, 0.25) is 5.02 Å². The number of benzene rings is 2. The molecule has 0 aromatic heterocycles. The number of thiocarbonyl (C=S) groups is 1. The monoisotopic (exact) mass is 458 g/mol. The molecule has 4 nitrogen and oxygen atoms in total. The lowest BCUT2D eigenvalue weighted by Gasteiger charge is -2.39. The van der Waals surface area contributed by atoms with E-state index in [2.05, 4.69) is 32.1 Å². The molecule has 31 heavy (non-hydrogen) atoms. The Morgan fingerprint density at radius 2 is 1.74 bits per heavy atom. The number of hydrogen-bond acceptors (Lipinski definition) is 3. The molecule has 0 unspecified atom stereocenters. The number of fused-ring (bicyclic) bond motifs is 1. The van der Waals surface area contributed by atoms with Gasteiger partial charge < -0.3 is 10.2 Å². The average molecular weight is 459 g/mol. The summed E-state index contributed by atoms with van der Waals surface area (Å²) in [5, 5.41) is 4.90. The molecule has 164 valence electrons. The minimum absolute atomic E-state index is 0.189. The number of halogens is 2. The molecule has 2 saturated heterocycles. The number of piperazine rings is 1. The highest BCUT2D eigenvalue weighted by molar-refractivity contribution is 7.80. The van der Waals surface area contributed by atoms with E-state index in [1.165, 1.54) is 16.7 Å². The highest BCUT2D eigenvalue weighted by Gasteiger charge is 2.36. The van der Waals surface area contributed by atoms with Crippen LogP contribution in [0.3, 0.4) is 0 Å². The second kappa shape index (κ2) is 9.02. The molecule has 2 aromatic carbocycles. The molecule has 0 saturated carbocycles. The van der Waals surface area contributed by atoms with Gasteiger partial charge in [0.1, 0.15) is 5.82 Å². The van der Waals surface area contributed by atoms with Gasteiger partial charge in [-0.25, -0.2) is 4.39 Å². The van der Waals surface area contributed by atoms with E-state index >= 15 is 0 Å². The second-order valence-electron chi connectivity index (χ2n) is 8.73. The van der Waals surface area contributed by atoms with E-state index in [0.717, 1.165) is 68.9 Å². The van der Waals surface area contributed by atoms with E-state index in [1.54, 1.807) is 12.1 Å². The average Bonchev–Trinajstić information content (AvgIpc) is 3.36. The van der Waals surface area contributed by atoms with Crippen molar-refractivity contribution in [2.24, 2.45) is 0 Å². The molecular weight excluding hydrogens is 431 g/mol. The fraction of sp³-hybridized carbons (Fsp3) is 0.458. The summed E-state index contributed by atoms with van der Waals surface area (Å²) < 4.78 is 13.5. The molecule has 7 heteroatoms. The van der Waals surface area contributed by atoms with Crippen LogP contribution in [-0.4, -0.2) is 72.2 Å². The van der Waals surface area contributed by atoms with Gasteiger partial charge in [0.2, 0.25) is 0 Å². The van der Waals surface area contributed by atoms with E-state index in [9.17, 15) is 4.39 Å². The molecule has 3 aliphatic rings. The number of rotatable bonds is 5. The van der Waals surface area contributed by atoms with Gasteiger partial charge in [-0.1, -0.05) is 29.8 Å². The lowest BCUT2D eigenvalue weighted by Crippen LogP contribution is -2.49. The molecule has 2 heterocycles. The van der Waals surface area contributed by atoms with Crippen molar-refractivity contribution >= 4 is 28.9 Å². The molecule has 1 aliphatic carbocycles. The quantitative estimate of drug-likeness (QED) is 0.685. The highest BCUT2D eigenvalue weighted by Crippen LogP contribution is 2.47. The zero-order valence-corrected chi connectivity index (χ0v) is 19.1. The fourth-order valence-corrected chi connectivity index (χ4v) is 5.73. The van der Waals surface area contributed by atoms with E-state index in [4.69, 9.17) is 23.8 Å². The third-order valence-corrected chi connectivity index (χ3v) is 7.63. The van der Waals surface area contributed by atoms with Crippen molar-refractivity contribution < 1.29 is 4.39 Å². The Kier molecular flexibility index (Phi) is 6.15. The Hall–Kier alpha value is -1.73. The maximum Gasteiger partial charge on any atom is 0.169 e. The molecule has 0 amide bonds. The normalized spacial score (nSPS) is 24.5. The SMILES string of the molecule is Fc1ccc([C@H]2C[C@H](N3CCN(CCN4CCNC4=S)CC3)c3ccc(Cl)cc32)cc1. The van der Waals surface area contributed by atoms with Crippen LogP contribution in [0, 0.1) is 5.82 Å². The standard InChI is InChI=1S/C24H28ClFN4S/c25-18-3-6-20-22(15-18)21(17-1-4-19(26)5-2-17)16-23(20)29-12-9-28(10-13-29)11-14-30-8-7-27-24(30)31/h1-6,15,21,23H,7-14,16H2,(H,27,31)/t21-,23+/m1/s1. The topological polar surface area (TPSA) is 21.8 Å². The van der Waals surface area contributed by atoms with Crippen LogP contribution in [-0.2, 0) is 0 Å². The first-order valence-corrected chi connectivity index (χ1v) is 11.9. The Bertz CT molecular complexity index is 945. The summed E-state index contributed by atoms with van der Waals surface area (Å²) in [6.07, 6.45) is 1.02. The van der Waals surface area contributed by atoms with Crippen molar-refractivity contribution in [2.45, 2.75) is 18.4 Å². The van der Waals surface area contributed by atoms with Crippen LogP contribution >= 0.6 is 23.8 Å². The zero-order valence-electron chi connectivity index (χ0n) is 17.6. The van der Waals surface area contributed by atoms with Gasteiger partial charge in [0.25, 0.3) is 0 Å². The Morgan fingerprint density at radius 1 is 0.968 bits per heavy atom. The molecule has 2 aliphatic heterocycles. The van der Waals surface area contributed by atoms with Crippen molar-refractivity contribution in [3.8, 4) is 0 Å². The van der Waals surface area contributed by atoms with Crippen LogP contribution in [0.4, 0.5) is 4.39 Å². The summed E-state index contributed by atoms with van der Waals surface area (Å²) in [5.74, 6) is 0.0761. The van der Waals surface area contributed by atoms with Gasteiger partial charge >= 0.3 is 0 Å². The Morgan fingerprint density at radius 3 is 2.45 bits per heavy atom. The minimum atomic E-state index is -0.189. The lowest BCUT2D eigenvalue weighted by atomic mass is 9.93. The molecular formula is C24H28ClFN4S. The highest BCUT2D eigenvalue weighted by atomic mass is 35.5. The van der Waals surface area contributed by atoms with Crippen molar-refractivity contribution in [1.82, 2.24) is 20.0 Å². The van der Waals surface area contributed by atoms with E-state index < -0.39 is 0 Å². The maximum absolute atomic E-state index is 13.5. The van der Waals surface area contributed by atoms with Gasteiger partial charge in [0, 0.05) is 69.3 Å². The molecule has 2 atom stereocenters. The summed E-state index contributed by atoms with van der Waals surface area (Å²) in [4.78, 5) is 7.44. The van der Waals surface area contributed by atoms with Gasteiger partial charge in [-0.2, -0.15) is 0 Å². The molecule has 0 bridgehead atoms. The van der Waals surface area contributed by atoms with Crippen LogP contribution in [0.5, 0.6) is 0 Å². The Balaban J connectivity index is 1.25. The van der Waals surface area contributed by atoms with Crippen molar-refractivity contribution in [3.05, 3.63) is 70.0 Å². The van der Waals surface area contributed by atoms with Gasteiger partial charge in [0.05, 0.1) is 0 Å². The molecule has 1 N–H and O–H groups in total. The van der Waals surface area contributed by atoms with Crippen LogP contribution < -0.4 is 5.32 Å². The predicted octanol–water partition coefficient (Wildman–Crippen LogP) is 3.86. The molecule has 2 fully saturated rings. The van der Waals surface area contributed by atoms with E-state index in [0.29, 0.717) is 6.04 Å². The van der Waals surface area contributed by atoms with Gasteiger partial charge in [-0.3, -0.25) is 9.80 Å². The molecule has 2 aromatic rings. The second-order valence-corrected chi connectivity index (χ2v) is 9.55. The number of nitrogens with one attached hydrogen (secondary N) is 1. The summed E-state index contributed by atoms with van der Waals surface area (Å²) in [5.41, 5.74) is 3.84. The summed E-state index contributed by atoms with van der Waals surface area (Å²) in [6.45, 7) is 8.33. The van der Waals surface area contributed by atoms with Crippen LogP contribution in [0.25, 0.3) is 0 Å². The van der Waals surface area contributed by atoms with E-state index in [-0.39, 0.29) is 11.7 Å². The summed E-state index contributed by atoms with van der Waals surface area (Å²) >= 11 is 11.7. The van der Waals surface area contributed by atoms with Gasteiger partial charge in [-0.15, -0.1) is 0 Å². The first kappa shape index (κ1) is 21.1. The first-order chi connectivity index (χ1) is 15.1. The van der Waals surface area contributed by atoms with Crippen molar-refractivity contribution in [1.29, 1.82) is 0 Å². The van der Waals surface area contributed by atoms with Gasteiger partial charge in [-0.05, 0) is 59.6 Å². The summed E-state index contributed by atoms with van der Waals surface area (Å²) in [7, 11) is 0. The molecule has 0 spiro atoms. The fourth-order valence-electron chi connectivity index (χ4n) is 5.27. The van der Waals surface area contributed by atoms with Crippen LogP contribution in [0.1, 0.15) is 35.1 Å². The van der Waals surface area contributed by atoms with E-state index in [1.807, 2.05) is 18.2 Å². The smallest absolute Gasteiger partial charge is 0.169 e. The largest absolute Gasteiger partial charge is 0.361 e. The number of nitrogens with zero attached hydrogens (tertiary/aromatic N) is 3. The summed E-state index contributed by atoms with van der Waals surface area (Å²) in [6, 6.07) is 13.7. The van der Waals surface area contributed by atoms with Gasteiger partial charge in [0.15, 0.2) is 5.11 Å². The number of hydrogen-bond donors (Lipinski definition) is 1. The zero-order chi connectivity index (χ0) is 21.4. The van der Waals surface area contributed by atoms with Crippen molar-refractivity contribution in [2.75, 3.05) is 52.4 Å². The first-order valence-electron chi connectivity index (χ1n) is 11.1. The predicted molar refractivity (Wildman–Crippen MR) is 127 cm³/mol. The lowest BCUT2D eigenvalue weighted by molar-refractivity contribution is 0.0921. The molecule has 0 radical (unpaired) electrons. The minimum Gasteiger partial charge on any atom is -0.361 e. The molecule has 5 rings (SSSR count). The Labute approximate surface area is 194 Å². The van der Waals surface area contributed by atoms with Crippen LogP contribution in [0.15, 0.2) is 42.5 Å². The maximum atomic E-state index is 13.5. The third-order valence-electron chi connectivity index (χ3n) is 6.99. The third kappa shape index (κ3) is 4.44. The van der Waals surface area contributed by atoms with Crippen molar-refractivity contribution in [3.63, 3.8) is 0 Å².